The fourth-order valence-corrected chi connectivity index (χ4v) is 0.776. The lowest BCUT2D eigenvalue weighted by molar-refractivity contribution is 0.699. The van der Waals surface area contributed by atoms with Crippen LogP contribution < -0.4 is 17.0 Å². The SMILES string of the molecule is Cn1ncc(CN=C(N)N)cc1=O. The van der Waals surface area contributed by atoms with Crippen LogP contribution in [0.1, 0.15) is 5.56 Å². The summed E-state index contributed by atoms with van der Waals surface area (Å²) in [6, 6.07) is 1.44. The average Bonchev–Trinajstić information content (AvgIpc) is 2.07. The molecule has 70 valence electrons. The third kappa shape index (κ3) is 2.58. The summed E-state index contributed by atoms with van der Waals surface area (Å²) in [5, 5.41) is 3.81. The fraction of sp³-hybridized carbons (Fsp3) is 0.286. The van der Waals surface area contributed by atoms with Crippen molar-refractivity contribution in [3.8, 4) is 0 Å². The van der Waals surface area contributed by atoms with Gasteiger partial charge >= 0.3 is 0 Å². The Labute approximate surface area is 74.9 Å². The van der Waals surface area contributed by atoms with Gasteiger partial charge < -0.3 is 11.5 Å². The van der Waals surface area contributed by atoms with Crippen molar-refractivity contribution in [1.82, 2.24) is 9.78 Å². The first-order valence-electron chi connectivity index (χ1n) is 3.67. The molecule has 6 heteroatoms. The molecule has 0 spiro atoms. The number of aromatic nitrogens is 2. The van der Waals surface area contributed by atoms with Crippen LogP contribution in [0.3, 0.4) is 0 Å². The van der Waals surface area contributed by atoms with Gasteiger partial charge in [0.25, 0.3) is 5.56 Å². The summed E-state index contributed by atoms with van der Waals surface area (Å²) in [7, 11) is 1.58. The second-order valence-electron chi connectivity index (χ2n) is 2.57. The van der Waals surface area contributed by atoms with Crippen LogP contribution >= 0.6 is 0 Å². The Kier molecular flexibility index (Phi) is 2.63. The fourth-order valence-electron chi connectivity index (χ4n) is 0.776. The van der Waals surface area contributed by atoms with Crippen molar-refractivity contribution in [3.63, 3.8) is 0 Å². The van der Waals surface area contributed by atoms with Crippen molar-refractivity contribution < 1.29 is 0 Å². The molecule has 0 unspecified atom stereocenters. The van der Waals surface area contributed by atoms with Gasteiger partial charge in [0.2, 0.25) is 0 Å². The lowest BCUT2D eigenvalue weighted by Crippen LogP contribution is -2.23. The third-order valence-corrected chi connectivity index (χ3v) is 1.47. The van der Waals surface area contributed by atoms with Crippen molar-refractivity contribution in [3.05, 3.63) is 28.2 Å². The van der Waals surface area contributed by atoms with E-state index in [4.69, 9.17) is 11.5 Å². The molecule has 0 fully saturated rings. The van der Waals surface area contributed by atoms with Gasteiger partial charge in [-0.05, 0) is 5.56 Å². The minimum Gasteiger partial charge on any atom is -0.370 e. The Morgan fingerprint density at radius 3 is 2.92 bits per heavy atom. The van der Waals surface area contributed by atoms with Crippen LogP contribution in [0.5, 0.6) is 0 Å². The highest BCUT2D eigenvalue weighted by atomic mass is 16.1. The molecule has 0 aliphatic carbocycles. The summed E-state index contributed by atoms with van der Waals surface area (Å²) >= 11 is 0. The largest absolute Gasteiger partial charge is 0.370 e. The topological polar surface area (TPSA) is 99.3 Å². The second kappa shape index (κ2) is 3.70. The molecule has 0 aliphatic rings. The van der Waals surface area contributed by atoms with Gasteiger partial charge in [0, 0.05) is 13.1 Å². The number of rotatable bonds is 2. The molecule has 0 bridgehead atoms. The van der Waals surface area contributed by atoms with E-state index in [0.29, 0.717) is 5.56 Å². The van der Waals surface area contributed by atoms with Crippen molar-refractivity contribution >= 4 is 5.96 Å². The highest BCUT2D eigenvalue weighted by Crippen LogP contribution is 1.93. The Morgan fingerprint density at radius 1 is 1.69 bits per heavy atom. The minimum atomic E-state index is -0.178. The predicted octanol–water partition coefficient (Wildman–Crippen LogP) is -1.45. The molecule has 0 aliphatic heterocycles. The van der Waals surface area contributed by atoms with E-state index in [1.165, 1.54) is 10.7 Å². The third-order valence-electron chi connectivity index (χ3n) is 1.47. The van der Waals surface area contributed by atoms with Gasteiger partial charge in [-0.1, -0.05) is 0 Å². The Hall–Kier alpha value is -1.85. The monoisotopic (exact) mass is 181 g/mol. The highest BCUT2D eigenvalue weighted by Gasteiger charge is 1.95. The van der Waals surface area contributed by atoms with Gasteiger partial charge in [-0.2, -0.15) is 5.10 Å². The standard InChI is InChI=1S/C7H11N5O/c1-12-6(13)2-5(4-11-12)3-10-7(8)9/h2,4H,3H2,1H3,(H4,8,9,10). The Morgan fingerprint density at radius 2 is 2.38 bits per heavy atom. The lowest BCUT2D eigenvalue weighted by Gasteiger charge is -1.97. The number of nitrogens with zero attached hydrogens (tertiary/aromatic N) is 3. The van der Waals surface area contributed by atoms with Crippen molar-refractivity contribution in [1.29, 1.82) is 0 Å². The zero-order valence-corrected chi connectivity index (χ0v) is 7.27. The highest BCUT2D eigenvalue weighted by molar-refractivity contribution is 5.75. The molecule has 4 N–H and O–H groups in total. The Bertz CT molecular complexity index is 377. The van der Waals surface area contributed by atoms with Crippen LogP contribution in [0.25, 0.3) is 0 Å². The van der Waals surface area contributed by atoms with Gasteiger partial charge in [-0.15, -0.1) is 0 Å². The molecule has 0 amide bonds. The van der Waals surface area contributed by atoms with Crippen molar-refractivity contribution in [2.75, 3.05) is 0 Å². The summed E-state index contributed by atoms with van der Waals surface area (Å²) in [5.74, 6) is 0.000627. The van der Waals surface area contributed by atoms with E-state index >= 15 is 0 Å². The normalized spacial score (nSPS) is 9.62. The molecular weight excluding hydrogens is 170 g/mol. The molecule has 0 atom stereocenters. The van der Waals surface area contributed by atoms with E-state index < -0.39 is 0 Å². The van der Waals surface area contributed by atoms with E-state index in [1.54, 1.807) is 13.2 Å². The van der Waals surface area contributed by atoms with E-state index in [9.17, 15) is 4.79 Å². The van der Waals surface area contributed by atoms with Crippen LogP contribution in [0.15, 0.2) is 22.1 Å². The van der Waals surface area contributed by atoms with Crippen LogP contribution in [0, 0.1) is 0 Å². The minimum absolute atomic E-state index is 0.000627. The first kappa shape index (κ1) is 9.24. The average molecular weight is 181 g/mol. The first-order chi connectivity index (χ1) is 6.09. The van der Waals surface area contributed by atoms with Crippen molar-refractivity contribution in [2.45, 2.75) is 6.54 Å². The zero-order chi connectivity index (χ0) is 9.84. The number of nitrogens with two attached hydrogens (primary N) is 2. The molecular formula is C7H11N5O. The quantitative estimate of drug-likeness (QED) is 0.431. The lowest BCUT2D eigenvalue weighted by atomic mass is 10.3. The maximum absolute atomic E-state index is 11.1. The zero-order valence-electron chi connectivity index (χ0n) is 7.27. The molecule has 0 radical (unpaired) electrons. The van der Waals surface area contributed by atoms with E-state index in [0.717, 1.165) is 0 Å². The van der Waals surface area contributed by atoms with Gasteiger partial charge in [0.15, 0.2) is 5.96 Å². The summed E-state index contributed by atoms with van der Waals surface area (Å²) in [5.41, 5.74) is 10.8. The molecule has 1 rings (SSSR count). The molecule has 1 aromatic heterocycles. The van der Waals surface area contributed by atoms with Crippen molar-refractivity contribution in [2.24, 2.45) is 23.5 Å². The number of hydrogen-bond donors (Lipinski definition) is 2. The van der Waals surface area contributed by atoms with Gasteiger partial charge in [-0.3, -0.25) is 4.79 Å². The van der Waals surface area contributed by atoms with Gasteiger partial charge in [0.1, 0.15) is 0 Å². The summed E-state index contributed by atoms with van der Waals surface area (Å²) in [6.45, 7) is 0.283. The number of aryl methyl sites for hydroxylation is 1. The summed E-state index contributed by atoms with van der Waals surface area (Å²) in [4.78, 5) is 14.8. The molecule has 13 heavy (non-hydrogen) atoms. The molecule has 0 saturated carbocycles. The predicted molar refractivity (Wildman–Crippen MR) is 49.0 cm³/mol. The van der Waals surface area contributed by atoms with Crippen LogP contribution in [-0.2, 0) is 13.6 Å². The smallest absolute Gasteiger partial charge is 0.266 e. The number of aliphatic imine (C=N–C) groups is 1. The summed E-state index contributed by atoms with van der Waals surface area (Å²) in [6.07, 6.45) is 1.55. The first-order valence-corrected chi connectivity index (χ1v) is 3.67. The van der Waals surface area contributed by atoms with Gasteiger partial charge in [-0.25, -0.2) is 9.67 Å². The van der Waals surface area contributed by atoms with E-state index in [2.05, 4.69) is 10.1 Å². The van der Waals surface area contributed by atoms with Crippen LogP contribution in [0.4, 0.5) is 0 Å². The van der Waals surface area contributed by atoms with E-state index in [-0.39, 0.29) is 18.1 Å². The maximum Gasteiger partial charge on any atom is 0.266 e. The Balaban J connectivity index is 2.86. The van der Waals surface area contributed by atoms with Gasteiger partial charge in [0.05, 0.1) is 12.7 Å². The number of hydrogen-bond acceptors (Lipinski definition) is 3. The maximum atomic E-state index is 11.1. The molecule has 0 saturated heterocycles. The van der Waals surface area contributed by atoms with Crippen LogP contribution in [0.2, 0.25) is 0 Å². The second-order valence-corrected chi connectivity index (χ2v) is 2.57. The molecule has 0 aromatic carbocycles. The number of guanidine groups is 1. The molecule has 6 nitrogen and oxygen atoms in total. The van der Waals surface area contributed by atoms with Crippen LogP contribution in [-0.4, -0.2) is 15.7 Å². The summed E-state index contributed by atoms with van der Waals surface area (Å²) < 4.78 is 1.24. The van der Waals surface area contributed by atoms with E-state index in [1.807, 2.05) is 0 Å². The molecule has 1 heterocycles. The molecule has 1 aromatic rings.